The van der Waals surface area contributed by atoms with Crippen molar-refractivity contribution in [3.8, 4) is 64.1 Å². The van der Waals surface area contributed by atoms with Crippen LogP contribution in [0.5, 0.6) is 5.75 Å². The number of nitrogens with zero attached hydrogens (tertiary/aromatic N) is 1. The first kappa shape index (κ1) is 20.3. The first-order chi connectivity index (χ1) is 16.7. The normalized spacial score (nSPS) is 12.9. The van der Waals surface area contributed by atoms with Crippen molar-refractivity contribution < 1.29 is 4.74 Å². The fraction of sp³-hybridized carbons (Fsp3) is 0.156. The summed E-state index contributed by atoms with van der Waals surface area (Å²) < 4.78 is 5.42. The lowest BCUT2D eigenvalue weighted by Crippen LogP contribution is -2.15. The van der Waals surface area contributed by atoms with Crippen molar-refractivity contribution in [2.45, 2.75) is 25.7 Å². The largest absolute Gasteiger partial charge is 0.497 e. The van der Waals surface area contributed by atoms with E-state index in [2.05, 4.69) is 48.2 Å². The van der Waals surface area contributed by atoms with E-state index in [-0.39, 0.29) is 0 Å². The quantitative estimate of drug-likeness (QED) is 0.346. The molecule has 0 fully saturated rings. The van der Waals surface area contributed by atoms with Gasteiger partial charge in [0, 0.05) is 22.3 Å². The van der Waals surface area contributed by atoms with Gasteiger partial charge >= 0.3 is 0 Å². The molecule has 162 valence electrons. The Hall–Kier alpha value is -4.27. The summed E-state index contributed by atoms with van der Waals surface area (Å²) in [5, 5.41) is 0. The summed E-state index contributed by atoms with van der Waals surface area (Å²) in [5.74, 6) is 6.45. The number of benzene rings is 3. The standard InChI is InChI=1S/C32H23NO/c1-4-20-6-8-22-12-16-26-30(24-10-14-25(34-3)15-11-24)27-17-13-23-9-7-21(5-2)19-29(23)32(27)33-31(26)28(22)18-20/h1-2,6-11,14-15,18-19H,12-13,16-17H2,3H3. The second kappa shape index (κ2) is 7.95. The minimum absolute atomic E-state index is 0.855. The maximum atomic E-state index is 5.76. The zero-order valence-corrected chi connectivity index (χ0v) is 19.1. The van der Waals surface area contributed by atoms with Gasteiger partial charge in [0.25, 0.3) is 0 Å². The van der Waals surface area contributed by atoms with E-state index in [1.165, 1.54) is 33.4 Å². The average molecular weight is 438 g/mol. The third-order valence-corrected chi connectivity index (χ3v) is 7.13. The van der Waals surface area contributed by atoms with Gasteiger partial charge in [-0.1, -0.05) is 36.1 Å². The minimum atomic E-state index is 0.855. The van der Waals surface area contributed by atoms with Crippen LogP contribution >= 0.6 is 0 Å². The molecule has 2 heteroatoms. The van der Waals surface area contributed by atoms with Crippen LogP contribution in [0.4, 0.5) is 0 Å². The van der Waals surface area contributed by atoms with Gasteiger partial charge in [-0.2, -0.15) is 0 Å². The molecule has 0 N–H and O–H groups in total. The molecule has 0 saturated carbocycles. The number of fused-ring (bicyclic) bond motifs is 6. The summed E-state index contributed by atoms with van der Waals surface area (Å²) in [4.78, 5) is 5.35. The van der Waals surface area contributed by atoms with Gasteiger partial charge in [0.15, 0.2) is 0 Å². The predicted molar refractivity (Wildman–Crippen MR) is 138 cm³/mol. The van der Waals surface area contributed by atoms with E-state index in [1.54, 1.807) is 7.11 Å². The molecule has 0 amide bonds. The molecule has 0 spiro atoms. The third-order valence-electron chi connectivity index (χ3n) is 7.13. The summed E-state index contributed by atoms with van der Waals surface area (Å²) in [6.07, 6.45) is 15.4. The number of aryl methyl sites for hydroxylation is 2. The van der Waals surface area contributed by atoms with Crippen molar-refractivity contribution >= 4 is 0 Å². The van der Waals surface area contributed by atoms with Crippen LogP contribution in [-0.4, -0.2) is 12.1 Å². The molecule has 2 aliphatic rings. The lowest BCUT2D eigenvalue weighted by molar-refractivity contribution is 0.415. The van der Waals surface area contributed by atoms with Crippen LogP contribution in [0.2, 0.25) is 0 Å². The van der Waals surface area contributed by atoms with Crippen molar-refractivity contribution in [2.24, 2.45) is 0 Å². The smallest absolute Gasteiger partial charge is 0.118 e. The van der Waals surface area contributed by atoms with Gasteiger partial charge in [0.1, 0.15) is 5.75 Å². The Bertz CT molecular complexity index is 1450. The zero-order chi connectivity index (χ0) is 23.2. The molecular formula is C32H23NO. The number of terminal acetylenes is 2. The lowest BCUT2D eigenvalue weighted by Gasteiger charge is -2.29. The van der Waals surface area contributed by atoms with Gasteiger partial charge in [-0.05, 0) is 95.5 Å². The predicted octanol–water partition coefficient (Wildman–Crippen LogP) is 6.25. The highest BCUT2D eigenvalue weighted by atomic mass is 16.5. The number of hydrogen-bond donors (Lipinski definition) is 0. The highest BCUT2D eigenvalue weighted by Gasteiger charge is 2.29. The Kier molecular flexibility index (Phi) is 4.75. The molecule has 2 aliphatic carbocycles. The van der Waals surface area contributed by atoms with Crippen molar-refractivity contribution in [3.05, 3.63) is 94.0 Å². The van der Waals surface area contributed by atoms with Crippen LogP contribution < -0.4 is 4.74 Å². The van der Waals surface area contributed by atoms with Crippen LogP contribution in [0.1, 0.15) is 33.4 Å². The van der Waals surface area contributed by atoms with Crippen LogP contribution in [0, 0.1) is 24.7 Å². The van der Waals surface area contributed by atoms with Crippen molar-refractivity contribution in [1.82, 2.24) is 4.98 Å². The third kappa shape index (κ3) is 3.12. The molecule has 1 heterocycles. The molecule has 4 aromatic rings. The topological polar surface area (TPSA) is 22.1 Å². The summed E-state index contributed by atoms with van der Waals surface area (Å²) in [5.41, 5.74) is 13.9. The summed E-state index contributed by atoms with van der Waals surface area (Å²) >= 11 is 0. The van der Waals surface area contributed by atoms with E-state index in [0.717, 1.165) is 65.1 Å². The number of rotatable bonds is 2. The van der Waals surface area contributed by atoms with Crippen LogP contribution in [0.15, 0.2) is 60.7 Å². The maximum Gasteiger partial charge on any atom is 0.118 e. The van der Waals surface area contributed by atoms with Gasteiger partial charge < -0.3 is 4.74 Å². The van der Waals surface area contributed by atoms with Crippen molar-refractivity contribution in [1.29, 1.82) is 0 Å². The fourth-order valence-corrected chi connectivity index (χ4v) is 5.43. The molecule has 0 saturated heterocycles. The van der Waals surface area contributed by atoms with E-state index in [0.29, 0.717) is 0 Å². The van der Waals surface area contributed by atoms with Gasteiger partial charge in [-0.15, -0.1) is 12.8 Å². The number of ether oxygens (including phenoxy) is 1. The summed E-state index contributed by atoms with van der Waals surface area (Å²) in [7, 11) is 1.70. The van der Waals surface area contributed by atoms with Crippen molar-refractivity contribution in [2.75, 3.05) is 7.11 Å². The Balaban J connectivity index is 1.69. The molecule has 0 radical (unpaired) electrons. The van der Waals surface area contributed by atoms with Crippen molar-refractivity contribution in [3.63, 3.8) is 0 Å². The first-order valence-electron chi connectivity index (χ1n) is 11.6. The highest BCUT2D eigenvalue weighted by Crippen LogP contribution is 2.46. The molecular weight excluding hydrogens is 414 g/mol. The van der Waals surface area contributed by atoms with E-state index in [9.17, 15) is 0 Å². The monoisotopic (exact) mass is 437 g/mol. The molecule has 2 nitrogen and oxygen atoms in total. The Morgan fingerprint density at radius 3 is 1.71 bits per heavy atom. The molecule has 0 aliphatic heterocycles. The minimum Gasteiger partial charge on any atom is -0.497 e. The van der Waals surface area contributed by atoms with Crippen LogP contribution in [0.3, 0.4) is 0 Å². The Morgan fingerprint density at radius 2 is 1.24 bits per heavy atom. The molecule has 6 rings (SSSR count). The second-order valence-electron chi connectivity index (χ2n) is 8.90. The number of methoxy groups -OCH3 is 1. The first-order valence-corrected chi connectivity index (χ1v) is 11.6. The maximum absolute atomic E-state index is 5.76. The van der Waals surface area contributed by atoms with E-state index in [1.807, 2.05) is 24.3 Å². The van der Waals surface area contributed by atoms with Gasteiger partial charge in [-0.3, -0.25) is 0 Å². The molecule has 3 aromatic carbocycles. The lowest BCUT2D eigenvalue weighted by atomic mass is 9.78. The highest BCUT2D eigenvalue weighted by molar-refractivity contribution is 5.88. The molecule has 34 heavy (non-hydrogen) atoms. The van der Waals surface area contributed by atoms with Gasteiger partial charge in [-0.25, -0.2) is 4.98 Å². The number of hydrogen-bond acceptors (Lipinski definition) is 2. The van der Waals surface area contributed by atoms with E-state index >= 15 is 0 Å². The molecule has 0 bridgehead atoms. The Labute approximate surface area is 200 Å². The van der Waals surface area contributed by atoms with Gasteiger partial charge in [0.05, 0.1) is 18.5 Å². The van der Waals surface area contributed by atoms with Gasteiger partial charge in [0.2, 0.25) is 0 Å². The van der Waals surface area contributed by atoms with Crippen LogP contribution in [0.25, 0.3) is 33.6 Å². The van der Waals surface area contributed by atoms with E-state index in [4.69, 9.17) is 22.6 Å². The number of aromatic nitrogens is 1. The zero-order valence-electron chi connectivity index (χ0n) is 19.1. The second-order valence-corrected chi connectivity index (χ2v) is 8.90. The molecule has 1 aromatic heterocycles. The summed E-state index contributed by atoms with van der Waals surface area (Å²) in [6.45, 7) is 0. The number of pyridine rings is 1. The summed E-state index contributed by atoms with van der Waals surface area (Å²) in [6, 6.07) is 21.0. The Morgan fingerprint density at radius 1 is 0.706 bits per heavy atom. The SMILES string of the molecule is C#Cc1ccc2c(c1)-c1nc3c(c(-c4ccc(OC)cc4)c1CC2)CCc1ccc(C#C)cc1-3. The average Bonchev–Trinajstić information content (AvgIpc) is 2.91. The molecule has 0 unspecified atom stereocenters. The fourth-order valence-electron chi connectivity index (χ4n) is 5.43. The van der Waals surface area contributed by atoms with E-state index < -0.39 is 0 Å². The van der Waals surface area contributed by atoms with Crippen LogP contribution in [-0.2, 0) is 25.7 Å². The molecule has 0 atom stereocenters.